The topological polar surface area (TPSA) is 52.0 Å². The summed E-state index contributed by atoms with van der Waals surface area (Å²) in [6.07, 6.45) is 1.97. The first-order chi connectivity index (χ1) is 9.28. The van der Waals surface area contributed by atoms with Crippen LogP contribution >= 0.6 is 0 Å². The number of methoxy groups -OCH3 is 1. The summed E-state index contributed by atoms with van der Waals surface area (Å²) in [7, 11) is 1.69. The maximum absolute atomic E-state index is 4.97. The van der Waals surface area contributed by atoms with Crippen LogP contribution in [0.2, 0.25) is 0 Å². The smallest absolute Gasteiger partial charge is 0.0964 e. The minimum atomic E-state index is 0.706. The summed E-state index contributed by atoms with van der Waals surface area (Å²) in [6, 6.07) is 8.46. The molecule has 5 heteroatoms. The third-order valence-electron chi connectivity index (χ3n) is 2.84. The fourth-order valence-electron chi connectivity index (χ4n) is 1.77. The van der Waals surface area contributed by atoms with Gasteiger partial charge in [-0.15, -0.1) is 5.10 Å². The maximum Gasteiger partial charge on any atom is 0.0964 e. The summed E-state index contributed by atoms with van der Waals surface area (Å²) >= 11 is 0. The minimum Gasteiger partial charge on any atom is -0.383 e. The van der Waals surface area contributed by atoms with Gasteiger partial charge < -0.3 is 10.1 Å². The fourth-order valence-corrected chi connectivity index (χ4v) is 1.77. The van der Waals surface area contributed by atoms with E-state index >= 15 is 0 Å². The average Bonchev–Trinajstić information content (AvgIpc) is 2.85. The van der Waals surface area contributed by atoms with Crippen molar-refractivity contribution in [3.8, 4) is 0 Å². The number of hydrogen-bond acceptors (Lipinski definition) is 4. The van der Waals surface area contributed by atoms with E-state index in [9.17, 15) is 0 Å². The second-order valence-electron chi connectivity index (χ2n) is 4.56. The summed E-state index contributed by atoms with van der Waals surface area (Å²) in [5.41, 5.74) is 3.45. The standard InChI is InChI=1S/C14H20N4O/c1-12-3-5-13(6-4-12)10-18-11-14(16-17-18)9-15-7-8-19-2/h3-6,11,15H,7-10H2,1-2H3. The van der Waals surface area contributed by atoms with Crippen LogP contribution in [0.3, 0.4) is 0 Å². The van der Waals surface area contributed by atoms with Crippen LogP contribution in [0.15, 0.2) is 30.5 Å². The molecule has 0 bridgehead atoms. The van der Waals surface area contributed by atoms with Crippen molar-refractivity contribution in [3.05, 3.63) is 47.3 Å². The molecule has 0 aliphatic heterocycles. The summed E-state index contributed by atoms with van der Waals surface area (Å²) in [4.78, 5) is 0. The number of benzene rings is 1. The van der Waals surface area contributed by atoms with Gasteiger partial charge in [-0.25, -0.2) is 4.68 Å². The third kappa shape index (κ3) is 4.46. The van der Waals surface area contributed by atoms with Gasteiger partial charge in [0.1, 0.15) is 0 Å². The highest BCUT2D eigenvalue weighted by atomic mass is 16.5. The molecule has 1 heterocycles. The Hall–Kier alpha value is -1.72. The first-order valence-corrected chi connectivity index (χ1v) is 6.42. The van der Waals surface area contributed by atoms with Crippen LogP contribution in [-0.2, 0) is 17.8 Å². The lowest BCUT2D eigenvalue weighted by molar-refractivity contribution is 0.199. The van der Waals surface area contributed by atoms with E-state index in [0.717, 1.165) is 25.3 Å². The lowest BCUT2D eigenvalue weighted by Crippen LogP contribution is -2.18. The molecule has 2 aromatic rings. The van der Waals surface area contributed by atoms with Crippen LogP contribution in [0, 0.1) is 6.92 Å². The van der Waals surface area contributed by atoms with E-state index in [-0.39, 0.29) is 0 Å². The van der Waals surface area contributed by atoms with E-state index in [2.05, 4.69) is 46.8 Å². The van der Waals surface area contributed by atoms with Gasteiger partial charge in [-0.05, 0) is 12.5 Å². The highest BCUT2D eigenvalue weighted by Crippen LogP contribution is 2.05. The zero-order valence-corrected chi connectivity index (χ0v) is 11.5. The number of ether oxygens (including phenoxy) is 1. The normalized spacial score (nSPS) is 10.8. The van der Waals surface area contributed by atoms with E-state index in [0.29, 0.717) is 6.61 Å². The van der Waals surface area contributed by atoms with Gasteiger partial charge in [-0.2, -0.15) is 0 Å². The number of rotatable bonds is 7. The second-order valence-corrected chi connectivity index (χ2v) is 4.56. The van der Waals surface area contributed by atoms with Gasteiger partial charge >= 0.3 is 0 Å². The van der Waals surface area contributed by atoms with Crippen molar-refractivity contribution in [1.82, 2.24) is 20.3 Å². The summed E-state index contributed by atoms with van der Waals surface area (Å²) in [6.45, 7) is 5.09. The van der Waals surface area contributed by atoms with E-state index in [1.165, 1.54) is 11.1 Å². The fraction of sp³-hybridized carbons (Fsp3) is 0.429. The molecule has 1 aromatic carbocycles. The summed E-state index contributed by atoms with van der Waals surface area (Å²) in [5, 5.41) is 11.5. The Bertz CT molecular complexity index is 492. The largest absolute Gasteiger partial charge is 0.383 e. The Morgan fingerprint density at radius 2 is 2.05 bits per heavy atom. The van der Waals surface area contributed by atoms with Gasteiger partial charge in [-0.3, -0.25) is 0 Å². The molecule has 102 valence electrons. The maximum atomic E-state index is 4.97. The van der Waals surface area contributed by atoms with Crippen molar-refractivity contribution in [1.29, 1.82) is 0 Å². The van der Waals surface area contributed by atoms with Crippen LogP contribution in [0.5, 0.6) is 0 Å². The molecule has 0 saturated carbocycles. The predicted octanol–water partition coefficient (Wildman–Crippen LogP) is 1.37. The van der Waals surface area contributed by atoms with Gasteiger partial charge in [0.05, 0.1) is 25.0 Å². The first kappa shape index (κ1) is 13.7. The molecule has 1 N–H and O–H groups in total. The van der Waals surface area contributed by atoms with Crippen molar-refractivity contribution < 1.29 is 4.74 Å². The molecule has 0 spiro atoms. The molecule has 2 rings (SSSR count). The minimum absolute atomic E-state index is 0.706. The third-order valence-corrected chi connectivity index (χ3v) is 2.84. The van der Waals surface area contributed by atoms with Gasteiger partial charge in [-0.1, -0.05) is 35.0 Å². The second kappa shape index (κ2) is 7.01. The van der Waals surface area contributed by atoms with Gasteiger partial charge in [0, 0.05) is 20.2 Å². The van der Waals surface area contributed by atoms with Crippen molar-refractivity contribution >= 4 is 0 Å². The van der Waals surface area contributed by atoms with Crippen LogP contribution in [0.25, 0.3) is 0 Å². The molecule has 19 heavy (non-hydrogen) atoms. The number of aryl methyl sites for hydroxylation is 1. The molecule has 0 fully saturated rings. The Balaban J connectivity index is 1.85. The molecule has 0 unspecified atom stereocenters. The molecule has 0 saturated heterocycles. The Labute approximate surface area is 113 Å². The van der Waals surface area contributed by atoms with Gasteiger partial charge in [0.2, 0.25) is 0 Å². The molecule has 0 aliphatic rings. The van der Waals surface area contributed by atoms with Crippen LogP contribution < -0.4 is 5.32 Å². The highest BCUT2D eigenvalue weighted by Gasteiger charge is 2.01. The monoisotopic (exact) mass is 260 g/mol. The Morgan fingerprint density at radius 3 is 2.79 bits per heavy atom. The first-order valence-electron chi connectivity index (χ1n) is 6.42. The molecular weight excluding hydrogens is 240 g/mol. The number of aromatic nitrogens is 3. The van der Waals surface area contributed by atoms with Gasteiger partial charge in [0.25, 0.3) is 0 Å². The summed E-state index contributed by atoms with van der Waals surface area (Å²) in [5.74, 6) is 0. The van der Waals surface area contributed by atoms with Crippen LogP contribution in [-0.4, -0.2) is 35.3 Å². The quantitative estimate of drug-likeness (QED) is 0.764. The molecule has 0 radical (unpaired) electrons. The summed E-state index contributed by atoms with van der Waals surface area (Å²) < 4.78 is 6.83. The van der Waals surface area contributed by atoms with E-state index in [1.54, 1.807) is 7.11 Å². The van der Waals surface area contributed by atoms with Crippen LogP contribution in [0.1, 0.15) is 16.8 Å². The van der Waals surface area contributed by atoms with E-state index < -0.39 is 0 Å². The highest BCUT2D eigenvalue weighted by molar-refractivity contribution is 5.21. The predicted molar refractivity (Wildman–Crippen MR) is 73.9 cm³/mol. The van der Waals surface area contributed by atoms with E-state index in [4.69, 9.17) is 4.74 Å². The van der Waals surface area contributed by atoms with Gasteiger partial charge in [0.15, 0.2) is 0 Å². The SMILES string of the molecule is COCCNCc1cn(Cc2ccc(C)cc2)nn1. The average molecular weight is 260 g/mol. The number of nitrogens with one attached hydrogen (secondary N) is 1. The van der Waals surface area contributed by atoms with Crippen molar-refractivity contribution in [2.45, 2.75) is 20.0 Å². The van der Waals surface area contributed by atoms with Crippen molar-refractivity contribution in [3.63, 3.8) is 0 Å². The lowest BCUT2D eigenvalue weighted by atomic mass is 10.1. The number of hydrogen-bond donors (Lipinski definition) is 1. The van der Waals surface area contributed by atoms with Crippen molar-refractivity contribution in [2.24, 2.45) is 0 Å². The molecule has 1 aromatic heterocycles. The Morgan fingerprint density at radius 1 is 1.26 bits per heavy atom. The van der Waals surface area contributed by atoms with Crippen molar-refractivity contribution in [2.75, 3.05) is 20.3 Å². The van der Waals surface area contributed by atoms with Crippen LogP contribution in [0.4, 0.5) is 0 Å². The molecule has 0 aliphatic carbocycles. The number of nitrogens with zero attached hydrogens (tertiary/aromatic N) is 3. The molecule has 5 nitrogen and oxygen atoms in total. The molecule has 0 atom stereocenters. The molecular formula is C14H20N4O. The molecule has 0 amide bonds. The Kier molecular flexibility index (Phi) is 5.06. The lowest BCUT2D eigenvalue weighted by Gasteiger charge is -2.01. The zero-order valence-electron chi connectivity index (χ0n) is 11.5. The van der Waals surface area contributed by atoms with E-state index in [1.807, 2.05) is 10.9 Å². The zero-order chi connectivity index (χ0) is 13.5.